The predicted octanol–water partition coefficient (Wildman–Crippen LogP) is 3.24. The topological polar surface area (TPSA) is 60.4 Å². The van der Waals surface area contributed by atoms with E-state index in [1.807, 2.05) is 6.92 Å². The summed E-state index contributed by atoms with van der Waals surface area (Å²) in [5.41, 5.74) is 0.959. The van der Waals surface area contributed by atoms with Gasteiger partial charge in [0, 0.05) is 5.41 Å². The van der Waals surface area contributed by atoms with Crippen LogP contribution in [-0.4, -0.2) is 14.7 Å². The molecule has 0 heterocycles. The highest BCUT2D eigenvalue weighted by molar-refractivity contribution is 7.87. The van der Waals surface area contributed by atoms with E-state index in [9.17, 15) is 13.2 Å². The highest BCUT2D eigenvalue weighted by Gasteiger charge is 2.21. The quantitative estimate of drug-likeness (QED) is 0.627. The van der Waals surface area contributed by atoms with Crippen molar-refractivity contribution in [2.24, 2.45) is 0 Å². The molecule has 5 heteroatoms. The van der Waals surface area contributed by atoms with Crippen molar-refractivity contribution in [3.8, 4) is 5.75 Å². The highest BCUT2D eigenvalue weighted by atomic mass is 32.2. The zero-order valence-electron chi connectivity index (χ0n) is 12.7. The molecule has 0 saturated carbocycles. The molecule has 116 valence electrons. The maximum atomic E-state index is 12.3. The van der Waals surface area contributed by atoms with Crippen LogP contribution in [0, 0.1) is 6.92 Å². The van der Waals surface area contributed by atoms with Crippen LogP contribution in [-0.2, 0) is 20.3 Å². The SMILES string of the molecule is Cc1ccc(S(=O)(=O)Oc2cccc(C(C)(C)C=O)c2)cc1. The summed E-state index contributed by atoms with van der Waals surface area (Å²) >= 11 is 0. The minimum Gasteiger partial charge on any atom is -0.379 e. The van der Waals surface area contributed by atoms with Gasteiger partial charge < -0.3 is 8.98 Å². The van der Waals surface area contributed by atoms with Gasteiger partial charge in [0.1, 0.15) is 16.9 Å². The van der Waals surface area contributed by atoms with Crippen LogP contribution < -0.4 is 4.18 Å². The van der Waals surface area contributed by atoms with Gasteiger partial charge in [-0.25, -0.2) is 0 Å². The molecule has 2 aromatic carbocycles. The number of rotatable bonds is 5. The summed E-state index contributed by atoms with van der Waals surface area (Å²) in [6.07, 6.45) is 0.820. The van der Waals surface area contributed by atoms with Crippen LogP contribution in [0.1, 0.15) is 25.0 Å². The van der Waals surface area contributed by atoms with Crippen molar-refractivity contribution in [2.45, 2.75) is 31.1 Å². The number of hydrogen-bond donors (Lipinski definition) is 0. The van der Waals surface area contributed by atoms with Crippen molar-refractivity contribution in [1.82, 2.24) is 0 Å². The summed E-state index contributed by atoms with van der Waals surface area (Å²) in [5, 5.41) is 0. The third kappa shape index (κ3) is 3.54. The lowest BCUT2D eigenvalue weighted by atomic mass is 9.86. The van der Waals surface area contributed by atoms with E-state index in [0.29, 0.717) is 5.56 Å². The molecule has 0 fully saturated rings. The lowest BCUT2D eigenvalue weighted by Gasteiger charge is -2.18. The monoisotopic (exact) mass is 318 g/mol. The van der Waals surface area contributed by atoms with Crippen molar-refractivity contribution in [2.75, 3.05) is 0 Å². The number of aldehydes is 1. The van der Waals surface area contributed by atoms with E-state index in [0.717, 1.165) is 11.8 Å². The van der Waals surface area contributed by atoms with Gasteiger partial charge >= 0.3 is 10.1 Å². The molecule has 0 aliphatic carbocycles. The van der Waals surface area contributed by atoms with Gasteiger partial charge in [-0.3, -0.25) is 0 Å². The number of hydrogen-bond acceptors (Lipinski definition) is 4. The van der Waals surface area contributed by atoms with Crippen molar-refractivity contribution in [3.63, 3.8) is 0 Å². The summed E-state index contributed by atoms with van der Waals surface area (Å²) < 4.78 is 29.7. The Morgan fingerprint density at radius 2 is 1.68 bits per heavy atom. The zero-order valence-corrected chi connectivity index (χ0v) is 13.6. The first-order chi connectivity index (χ1) is 10.2. The maximum Gasteiger partial charge on any atom is 0.339 e. The molecule has 22 heavy (non-hydrogen) atoms. The molecule has 4 nitrogen and oxygen atoms in total. The minimum atomic E-state index is -3.89. The second-order valence-corrected chi connectivity index (χ2v) is 7.26. The Labute approximate surface area is 130 Å². The van der Waals surface area contributed by atoms with Crippen molar-refractivity contribution in [3.05, 3.63) is 59.7 Å². The molecule has 0 radical (unpaired) electrons. The third-order valence-corrected chi connectivity index (χ3v) is 4.65. The van der Waals surface area contributed by atoms with Crippen LogP contribution in [0.2, 0.25) is 0 Å². The molecular formula is C17H18O4S. The van der Waals surface area contributed by atoms with Crippen LogP contribution in [0.4, 0.5) is 0 Å². The second kappa shape index (κ2) is 5.93. The molecule has 0 aliphatic heterocycles. The van der Waals surface area contributed by atoms with Gasteiger partial charge in [0.15, 0.2) is 0 Å². The first kappa shape index (κ1) is 16.2. The molecule has 0 N–H and O–H groups in total. The third-order valence-electron chi connectivity index (χ3n) is 3.39. The minimum absolute atomic E-state index is 0.0955. The summed E-state index contributed by atoms with van der Waals surface area (Å²) in [6, 6.07) is 13.0. The molecule has 0 bridgehead atoms. The maximum absolute atomic E-state index is 12.3. The van der Waals surface area contributed by atoms with Gasteiger partial charge in [0.2, 0.25) is 0 Å². The number of benzene rings is 2. The van der Waals surface area contributed by atoms with E-state index in [-0.39, 0.29) is 10.6 Å². The average Bonchev–Trinajstić information content (AvgIpc) is 2.47. The van der Waals surface area contributed by atoms with Crippen molar-refractivity contribution < 1.29 is 17.4 Å². The average molecular weight is 318 g/mol. The normalized spacial score (nSPS) is 12.0. The molecule has 2 rings (SSSR count). The Hall–Kier alpha value is -2.14. The van der Waals surface area contributed by atoms with E-state index in [4.69, 9.17) is 4.18 Å². The fourth-order valence-corrected chi connectivity index (χ4v) is 2.82. The highest BCUT2D eigenvalue weighted by Crippen LogP contribution is 2.26. The smallest absolute Gasteiger partial charge is 0.339 e. The Kier molecular flexibility index (Phi) is 4.37. The first-order valence-electron chi connectivity index (χ1n) is 6.83. The van der Waals surface area contributed by atoms with Gasteiger partial charge in [-0.2, -0.15) is 8.42 Å². The number of aryl methyl sites for hydroxylation is 1. The van der Waals surface area contributed by atoms with E-state index >= 15 is 0 Å². The molecule has 0 atom stereocenters. The Bertz CT molecular complexity index is 775. The van der Waals surface area contributed by atoms with Gasteiger partial charge in [-0.05, 0) is 50.6 Å². The van der Waals surface area contributed by atoms with Gasteiger partial charge in [0.25, 0.3) is 0 Å². The molecule has 0 amide bonds. The van der Waals surface area contributed by atoms with E-state index < -0.39 is 15.5 Å². The Balaban J connectivity index is 2.32. The first-order valence-corrected chi connectivity index (χ1v) is 8.23. The molecule has 0 saturated heterocycles. The van der Waals surface area contributed by atoms with Crippen molar-refractivity contribution in [1.29, 1.82) is 0 Å². The van der Waals surface area contributed by atoms with Crippen LogP contribution >= 0.6 is 0 Å². The molecule has 0 spiro atoms. The summed E-state index contributed by atoms with van der Waals surface area (Å²) in [5.74, 6) is 0.188. The number of carbonyl (C=O) groups excluding carboxylic acids is 1. The lowest BCUT2D eigenvalue weighted by Crippen LogP contribution is -2.19. The molecule has 2 aromatic rings. The lowest BCUT2D eigenvalue weighted by molar-refractivity contribution is -0.111. The Morgan fingerprint density at radius 3 is 2.27 bits per heavy atom. The van der Waals surface area contributed by atoms with Gasteiger partial charge in [-0.1, -0.05) is 29.8 Å². The fraction of sp³-hybridized carbons (Fsp3) is 0.235. The van der Waals surface area contributed by atoms with Crippen LogP contribution in [0.25, 0.3) is 0 Å². The van der Waals surface area contributed by atoms with Crippen LogP contribution in [0.15, 0.2) is 53.4 Å². The van der Waals surface area contributed by atoms with E-state index in [1.54, 1.807) is 50.2 Å². The largest absolute Gasteiger partial charge is 0.379 e. The van der Waals surface area contributed by atoms with Crippen LogP contribution in [0.5, 0.6) is 5.75 Å². The zero-order chi connectivity index (χ0) is 16.4. The van der Waals surface area contributed by atoms with Gasteiger partial charge in [0.05, 0.1) is 0 Å². The molecule has 0 unspecified atom stereocenters. The Morgan fingerprint density at radius 1 is 1.05 bits per heavy atom. The summed E-state index contributed by atoms with van der Waals surface area (Å²) in [4.78, 5) is 11.2. The van der Waals surface area contributed by atoms with Crippen molar-refractivity contribution >= 4 is 16.4 Å². The molecular weight excluding hydrogens is 300 g/mol. The van der Waals surface area contributed by atoms with E-state index in [2.05, 4.69) is 0 Å². The summed E-state index contributed by atoms with van der Waals surface area (Å²) in [7, 11) is -3.89. The van der Waals surface area contributed by atoms with Gasteiger partial charge in [-0.15, -0.1) is 0 Å². The predicted molar refractivity (Wildman–Crippen MR) is 84.5 cm³/mol. The second-order valence-electron chi connectivity index (χ2n) is 5.72. The van der Waals surface area contributed by atoms with Crippen LogP contribution in [0.3, 0.4) is 0 Å². The fourth-order valence-electron chi connectivity index (χ4n) is 1.90. The standard InChI is InChI=1S/C17H18O4S/c1-13-7-9-16(10-8-13)22(19,20)21-15-6-4-5-14(11-15)17(2,3)12-18/h4-12H,1-3H3. The van der Waals surface area contributed by atoms with E-state index in [1.165, 1.54) is 12.1 Å². The molecule has 0 aromatic heterocycles. The summed E-state index contributed by atoms with van der Waals surface area (Å²) in [6.45, 7) is 5.39. The number of carbonyl (C=O) groups is 1. The molecule has 0 aliphatic rings.